The van der Waals surface area contributed by atoms with E-state index in [-0.39, 0.29) is 16.3 Å². The molecule has 0 aromatic heterocycles. The average molecular weight is 508 g/mol. The number of aliphatic carboxylic acids is 1. The van der Waals surface area contributed by atoms with Gasteiger partial charge in [-0.3, -0.25) is 9.69 Å². The van der Waals surface area contributed by atoms with E-state index in [1.54, 1.807) is 13.2 Å². The summed E-state index contributed by atoms with van der Waals surface area (Å²) in [6, 6.07) is 4.60. The largest absolute Gasteiger partial charge is 0.493 e. The number of thiocarbonyl (C=S) groups is 1. The fraction of sp³-hybridized carbons (Fsp3) is 0.577. The molecule has 1 aromatic carbocycles. The first-order chi connectivity index (χ1) is 16.3. The highest BCUT2D eigenvalue weighted by atomic mass is 32.2. The Balaban J connectivity index is 2.10. The molecule has 34 heavy (non-hydrogen) atoms. The van der Waals surface area contributed by atoms with Gasteiger partial charge in [0.05, 0.1) is 18.1 Å². The number of hydrogen-bond donors (Lipinski definition) is 1. The summed E-state index contributed by atoms with van der Waals surface area (Å²) >= 11 is 6.48. The van der Waals surface area contributed by atoms with Gasteiger partial charge >= 0.3 is 5.97 Å². The van der Waals surface area contributed by atoms with Crippen molar-refractivity contribution in [2.75, 3.05) is 7.11 Å². The lowest BCUT2D eigenvalue weighted by molar-refractivity contribution is -0.145. The highest BCUT2D eigenvalue weighted by Crippen LogP contribution is 2.37. The number of benzene rings is 1. The summed E-state index contributed by atoms with van der Waals surface area (Å²) in [5.41, 5.74) is 0.761. The zero-order valence-electron chi connectivity index (χ0n) is 20.7. The van der Waals surface area contributed by atoms with Crippen LogP contribution in [0.1, 0.15) is 84.1 Å². The van der Waals surface area contributed by atoms with Crippen molar-refractivity contribution in [1.29, 1.82) is 0 Å². The summed E-state index contributed by atoms with van der Waals surface area (Å²) in [5, 5.41) is 9.62. The molecule has 0 unspecified atom stereocenters. The predicted octanol–water partition coefficient (Wildman–Crippen LogP) is 6.67. The highest BCUT2D eigenvalue weighted by molar-refractivity contribution is 8.26. The number of methoxy groups -OCH3 is 1. The van der Waals surface area contributed by atoms with Crippen molar-refractivity contribution < 1.29 is 24.2 Å². The summed E-state index contributed by atoms with van der Waals surface area (Å²) in [6.07, 6.45) is 10.9. The summed E-state index contributed by atoms with van der Waals surface area (Å²) in [6.45, 7) is 6.26. The van der Waals surface area contributed by atoms with Gasteiger partial charge in [0.1, 0.15) is 10.4 Å². The molecule has 1 aromatic rings. The van der Waals surface area contributed by atoms with Gasteiger partial charge in [0, 0.05) is 0 Å². The van der Waals surface area contributed by atoms with Gasteiger partial charge in [0.15, 0.2) is 11.5 Å². The standard InChI is InChI=1S/C26H37NO5S2/c1-5-7-9-10-11-12-18(3)32-21-15-14-19(16-22(21)31-4)17-23-24(28)27(26(33)34-23)20(25(29)30)13-8-6-2/h14-18,20H,5-13H2,1-4H3,(H,29,30)/b23-17+/t18-,20+/m1/s1. The van der Waals surface area contributed by atoms with Gasteiger partial charge in [-0.05, 0) is 50.0 Å². The number of carbonyl (C=O) groups excluding carboxylic acids is 1. The molecule has 1 fully saturated rings. The Kier molecular flexibility index (Phi) is 11.9. The Bertz CT molecular complexity index is 886. The second kappa shape index (κ2) is 14.4. The lowest BCUT2D eigenvalue weighted by Gasteiger charge is -2.22. The first-order valence-corrected chi connectivity index (χ1v) is 13.4. The number of carboxylic acids is 1. The Hall–Kier alpha value is -2.06. The summed E-state index contributed by atoms with van der Waals surface area (Å²) in [7, 11) is 1.59. The lowest BCUT2D eigenvalue weighted by Crippen LogP contribution is -2.43. The zero-order chi connectivity index (χ0) is 25.1. The zero-order valence-corrected chi connectivity index (χ0v) is 22.3. The van der Waals surface area contributed by atoms with Crippen LogP contribution in [0.3, 0.4) is 0 Å². The molecule has 6 nitrogen and oxygen atoms in total. The Morgan fingerprint density at radius 2 is 1.82 bits per heavy atom. The molecule has 1 saturated heterocycles. The third-order valence-electron chi connectivity index (χ3n) is 5.78. The minimum absolute atomic E-state index is 0.0775. The molecular weight excluding hydrogens is 470 g/mol. The topological polar surface area (TPSA) is 76.1 Å². The van der Waals surface area contributed by atoms with Crippen LogP contribution in [-0.2, 0) is 9.59 Å². The van der Waals surface area contributed by atoms with Crippen molar-refractivity contribution in [2.45, 2.75) is 90.7 Å². The van der Waals surface area contributed by atoms with Crippen LogP contribution in [0.15, 0.2) is 23.1 Å². The summed E-state index contributed by atoms with van der Waals surface area (Å²) in [4.78, 5) is 26.4. The van der Waals surface area contributed by atoms with Crippen molar-refractivity contribution in [2.24, 2.45) is 0 Å². The van der Waals surface area contributed by atoms with E-state index in [2.05, 4.69) is 13.8 Å². The Morgan fingerprint density at radius 3 is 2.47 bits per heavy atom. The summed E-state index contributed by atoms with van der Waals surface area (Å²) in [5.74, 6) is -0.143. The van der Waals surface area contributed by atoms with Crippen molar-refractivity contribution in [3.63, 3.8) is 0 Å². The van der Waals surface area contributed by atoms with Gasteiger partial charge in [-0.25, -0.2) is 4.79 Å². The van der Waals surface area contributed by atoms with Crippen LogP contribution < -0.4 is 9.47 Å². The molecule has 1 heterocycles. The molecule has 2 rings (SSSR count). The molecule has 0 saturated carbocycles. The molecule has 0 radical (unpaired) electrons. The number of hydrogen-bond acceptors (Lipinski definition) is 6. The van der Waals surface area contributed by atoms with Crippen molar-refractivity contribution in [3.05, 3.63) is 28.7 Å². The Labute approximate surface area is 213 Å². The average Bonchev–Trinajstić information content (AvgIpc) is 3.07. The van der Waals surface area contributed by atoms with Gasteiger partial charge in [0.25, 0.3) is 5.91 Å². The maximum Gasteiger partial charge on any atom is 0.326 e. The minimum atomic E-state index is -1.03. The molecule has 1 aliphatic rings. The smallest absolute Gasteiger partial charge is 0.326 e. The molecule has 1 aliphatic heterocycles. The molecule has 2 atom stereocenters. The quantitative estimate of drug-likeness (QED) is 0.161. The number of thioether (sulfide) groups is 1. The first-order valence-electron chi connectivity index (χ1n) is 12.2. The fourth-order valence-corrected chi connectivity index (χ4v) is 5.20. The van der Waals surface area contributed by atoms with Crippen molar-refractivity contribution in [1.82, 2.24) is 4.90 Å². The van der Waals surface area contributed by atoms with Gasteiger partial charge in [-0.2, -0.15) is 0 Å². The number of carboxylic acid groups (broad SMARTS) is 1. The molecule has 188 valence electrons. The molecule has 8 heteroatoms. The van der Waals surface area contributed by atoms with Gasteiger partial charge in [-0.15, -0.1) is 0 Å². The number of unbranched alkanes of at least 4 members (excludes halogenated alkanes) is 5. The van der Waals surface area contributed by atoms with Crippen LogP contribution in [0, 0.1) is 0 Å². The monoisotopic (exact) mass is 507 g/mol. The number of carbonyl (C=O) groups is 2. The van der Waals surface area contributed by atoms with E-state index in [1.807, 2.05) is 25.1 Å². The maximum atomic E-state index is 13.0. The fourth-order valence-electron chi connectivity index (χ4n) is 3.84. The number of ether oxygens (including phenoxy) is 2. The van der Waals surface area contributed by atoms with Crippen LogP contribution >= 0.6 is 24.0 Å². The first kappa shape index (κ1) is 28.2. The van der Waals surface area contributed by atoms with Gasteiger partial charge in [0.2, 0.25) is 0 Å². The van der Waals surface area contributed by atoms with E-state index in [9.17, 15) is 14.7 Å². The lowest BCUT2D eigenvalue weighted by atomic mass is 10.1. The third kappa shape index (κ3) is 8.01. The molecule has 0 spiro atoms. The van der Waals surface area contributed by atoms with E-state index in [0.717, 1.165) is 36.6 Å². The molecule has 0 aliphatic carbocycles. The second-order valence-electron chi connectivity index (χ2n) is 8.59. The predicted molar refractivity (Wildman–Crippen MR) is 142 cm³/mol. The molecule has 1 amide bonds. The number of rotatable bonds is 15. The molecule has 1 N–H and O–H groups in total. The summed E-state index contributed by atoms with van der Waals surface area (Å²) < 4.78 is 11.9. The number of nitrogens with zero attached hydrogens (tertiary/aromatic N) is 1. The van der Waals surface area contributed by atoms with Crippen LogP contribution in [0.5, 0.6) is 11.5 Å². The molecular formula is C26H37NO5S2. The van der Waals surface area contributed by atoms with E-state index in [4.69, 9.17) is 21.7 Å². The minimum Gasteiger partial charge on any atom is -0.493 e. The van der Waals surface area contributed by atoms with Crippen molar-refractivity contribution in [3.8, 4) is 11.5 Å². The SMILES string of the molecule is CCCCCCC[C@@H](C)Oc1ccc(/C=C2/SC(=S)N([C@@H](CCCC)C(=O)O)C2=O)cc1OC. The van der Waals surface area contributed by atoms with E-state index < -0.39 is 12.0 Å². The van der Waals surface area contributed by atoms with E-state index in [0.29, 0.717) is 29.2 Å². The Morgan fingerprint density at radius 1 is 1.12 bits per heavy atom. The van der Waals surface area contributed by atoms with Crippen molar-refractivity contribution >= 4 is 46.3 Å². The number of amides is 1. The van der Waals surface area contributed by atoms with Gasteiger partial charge in [-0.1, -0.05) is 82.4 Å². The van der Waals surface area contributed by atoms with Crippen LogP contribution in [0.25, 0.3) is 6.08 Å². The normalized spacial score (nSPS) is 16.7. The van der Waals surface area contributed by atoms with Gasteiger partial charge < -0.3 is 14.6 Å². The third-order valence-corrected chi connectivity index (χ3v) is 7.11. The van der Waals surface area contributed by atoms with E-state index in [1.165, 1.54) is 30.6 Å². The maximum absolute atomic E-state index is 13.0. The van der Waals surface area contributed by atoms with Crippen LogP contribution in [-0.4, -0.2) is 45.5 Å². The van der Waals surface area contributed by atoms with E-state index >= 15 is 0 Å². The second-order valence-corrected chi connectivity index (χ2v) is 10.3. The highest BCUT2D eigenvalue weighted by Gasteiger charge is 2.40. The van der Waals surface area contributed by atoms with Crippen LogP contribution in [0.2, 0.25) is 0 Å². The molecule has 0 bridgehead atoms. The van der Waals surface area contributed by atoms with Crippen LogP contribution in [0.4, 0.5) is 0 Å².